The molecule has 0 aromatic carbocycles. The second-order valence-electron chi connectivity index (χ2n) is 5.32. The molecule has 3 nitrogen and oxygen atoms in total. The molecule has 1 aromatic rings. The molecule has 17 heavy (non-hydrogen) atoms. The fourth-order valence-corrected chi connectivity index (χ4v) is 3.24. The molecule has 90 valence electrons. The van der Waals surface area contributed by atoms with Gasteiger partial charge in [-0.2, -0.15) is 0 Å². The Kier molecular flexibility index (Phi) is 2.93. The largest absolute Gasteiger partial charge is 0.311 e. The van der Waals surface area contributed by atoms with Gasteiger partial charge in [-0.15, -0.1) is 0 Å². The Morgan fingerprint density at radius 3 is 2.71 bits per heavy atom. The summed E-state index contributed by atoms with van der Waals surface area (Å²) in [5, 5.41) is 3.61. The molecule has 1 N–H and O–H groups in total. The van der Waals surface area contributed by atoms with Crippen molar-refractivity contribution in [2.75, 3.05) is 0 Å². The summed E-state index contributed by atoms with van der Waals surface area (Å²) in [4.78, 5) is 16.2. The number of hydrogen-bond acceptors (Lipinski definition) is 3. The van der Waals surface area contributed by atoms with Crippen LogP contribution >= 0.6 is 0 Å². The first-order chi connectivity index (χ1) is 8.31. The van der Waals surface area contributed by atoms with Gasteiger partial charge in [0.25, 0.3) is 0 Å². The van der Waals surface area contributed by atoms with Gasteiger partial charge in [-0.05, 0) is 43.7 Å². The van der Waals surface area contributed by atoms with Crippen LogP contribution in [0.15, 0.2) is 24.4 Å². The third-order valence-electron chi connectivity index (χ3n) is 4.00. The summed E-state index contributed by atoms with van der Waals surface area (Å²) in [6, 6.07) is 6.87. The van der Waals surface area contributed by atoms with E-state index in [2.05, 4.69) is 10.3 Å². The zero-order valence-electron chi connectivity index (χ0n) is 9.93. The molecular formula is C14H18N2O. The van der Waals surface area contributed by atoms with Crippen molar-refractivity contribution < 1.29 is 4.79 Å². The van der Waals surface area contributed by atoms with Crippen molar-refractivity contribution >= 4 is 5.78 Å². The van der Waals surface area contributed by atoms with Crippen LogP contribution in [0.5, 0.6) is 0 Å². The average Bonchev–Trinajstić information content (AvgIpc) is 2.70. The first-order valence-corrected chi connectivity index (χ1v) is 6.51. The van der Waals surface area contributed by atoms with Crippen molar-refractivity contribution in [3.63, 3.8) is 0 Å². The van der Waals surface area contributed by atoms with E-state index < -0.39 is 0 Å². The molecule has 0 spiro atoms. The van der Waals surface area contributed by atoms with Gasteiger partial charge in [0.1, 0.15) is 5.69 Å². The van der Waals surface area contributed by atoms with Crippen LogP contribution < -0.4 is 5.32 Å². The Morgan fingerprint density at radius 2 is 2.06 bits per heavy atom. The fourth-order valence-electron chi connectivity index (χ4n) is 3.24. The monoisotopic (exact) mass is 230 g/mol. The van der Waals surface area contributed by atoms with Crippen molar-refractivity contribution in [3.8, 4) is 0 Å². The number of aromatic nitrogens is 1. The van der Waals surface area contributed by atoms with Gasteiger partial charge in [-0.25, -0.2) is 0 Å². The molecule has 2 unspecified atom stereocenters. The highest BCUT2D eigenvalue weighted by molar-refractivity contribution is 5.94. The molecule has 1 aromatic heterocycles. The van der Waals surface area contributed by atoms with Gasteiger partial charge in [-0.1, -0.05) is 6.07 Å². The molecule has 0 amide bonds. The van der Waals surface area contributed by atoms with Crippen molar-refractivity contribution in [3.05, 3.63) is 30.1 Å². The lowest BCUT2D eigenvalue weighted by molar-refractivity contribution is 0.0940. The number of hydrogen-bond donors (Lipinski definition) is 1. The fraction of sp³-hybridized carbons (Fsp3) is 0.571. The highest BCUT2D eigenvalue weighted by Crippen LogP contribution is 2.33. The van der Waals surface area contributed by atoms with E-state index in [0.29, 0.717) is 30.1 Å². The van der Waals surface area contributed by atoms with E-state index in [-0.39, 0.29) is 5.78 Å². The topological polar surface area (TPSA) is 42.0 Å². The molecule has 3 rings (SSSR count). The van der Waals surface area contributed by atoms with Crippen LogP contribution in [-0.4, -0.2) is 22.9 Å². The summed E-state index contributed by atoms with van der Waals surface area (Å²) in [6.45, 7) is 0. The number of nitrogens with zero attached hydrogens (tertiary/aromatic N) is 1. The van der Waals surface area contributed by atoms with Gasteiger partial charge in [-0.3, -0.25) is 9.78 Å². The second kappa shape index (κ2) is 4.57. The minimum Gasteiger partial charge on any atom is -0.311 e. The predicted octanol–water partition coefficient (Wildman–Crippen LogP) is 2.18. The van der Waals surface area contributed by atoms with Crippen LogP contribution in [0.1, 0.15) is 42.6 Å². The maximum absolute atomic E-state index is 12.1. The number of carbonyl (C=O) groups is 1. The van der Waals surface area contributed by atoms with Crippen LogP contribution in [0, 0.1) is 5.92 Å². The van der Waals surface area contributed by atoms with Crippen LogP contribution in [0.3, 0.4) is 0 Å². The molecule has 2 aliphatic heterocycles. The van der Waals surface area contributed by atoms with Crippen LogP contribution in [0.25, 0.3) is 0 Å². The van der Waals surface area contributed by atoms with E-state index >= 15 is 0 Å². The van der Waals surface area contributed by atoms with Gasteiger partial charge < -0.3 is 5.32 Å². The Balaban J connectivity index is 1.62. The summed E-state index contributed by atoms with van der Waals surface area (Å²) in [5.74, 6) is 0.764. The molecule has 0 aliphatic carbocycles. The smallest absolute Gasteiger partial charge is 0.181 e. The third kappa shape index (κ3) is 2.39. The number of Topliss-reactive ketones (excluding diaryl/α,β-unsaturated/α-hetero) is 1. The lowest BCUT2D eigenvalue weighted by Gasteiger charge is -2.28. The van der Waals surface area contributed by atoms with Crippen LogP contribution in [-0.2, 0) is 0 Å². The van der Waals surface area contributed by atoms with E-state index in [0.717, 1.165) is 12.8 Å². The minimum absolute atomic E-state index is 0.205. The average molecular weight is 230 g/mol. The van der Waals surface area contributed by atoms with Gasteiger partial charge in [0.15, 0.2) is 5.78 Å². The second-order valence-corrected chi connectivity index (χ2v) is 5.32. The molecule has 0 radical (unpaired) electrons. The number of rotatable bonds is 3. The number of fused-ring (bicyclic) bond motifs is 2. The SMILES string of the molecule is O=C(CC1CC2CCC(C1)N2)c1ccccn1. The van der Waals surface area contributed by atoms with E-state index in [1.165, 1.54) is 12.8 Å². The minimum atomic E-state index is 0.205. The first-order valence-electron chi connectivity index (χ1n) is 6.51. The number of nitrogens with one attached hydrogen (secondary N) is 1. The molecule has 2 fully saturated rings. The Hall–Kier alpha value is -1.22. The van der Waals surface area contributed by atoms with Crippen molar-refractivity contribution in [2.45, 2.75) is 44.2 Å². The summed E-state index contributed by atoms with van der Waals surface area (Å²) in [7, 11) is 0. The lowest BCUT2D eigenvalue weighted by Crippen LogP contribution is -2.38. The molecule has 2 atom stereocenters. The van der Waals surface area contributed by atoms with E-state index in [4.69, 9.17) is 0 Å². The standard InChI is InChI=1S/C14H18N2O/c17-14(13-3-1-2-6-15-13)9-10-7-11-4-5-12(8-10)16-11/h1-3,6,10-12,16H,4-5,7-9H2. The predicted molar refractivity (Wildman–Crippen MR) is 65.9 cm³/mol. The number of pyridine rings is 1. The van der Waals surface area contributed by atoms with Gasteiger partial charge in [0, 0.05) is 24.7 Å². The van der Waals surface area contributed by atoms with Crippen molar-refractivity contribution in [1.29, 1.82) is 0 Å². The maximum atomic E-state index is 12.1. The van der Waals surface area contributed by atoms with E-state index in [9.17, 15) is 4.79 Å². The highest BCUT2D eigenvalue weighted by Gasteiger charge is 2.34. The quantitative estimate of drug-likeness (QED) is 0.809. The van der Waals surface area contributed by atoms with E-state index in [1.54, 1.807) is 6.20 Å². The molecule has 2 aliphatic rings. The third-order valence-corrected chi connectivity index (χ3v) is 4.00. The number of piperidine rings is 1. The first kappa shape index (κ1) is 10.9. The summed E-state index contributed by atoms with van der Waals surface area (Å²) in [6.07, 6.45) is 7.27. The van der Waals surface area contributed by atoms with Gasteiger partial charge in [0.2, 0.25) is 0 Å². The molecular weight excluding hydrogens is 212 g/mol. The molecule has 2 bridgehead atoms. The Bertz CT molecular complexity index is 392. The van der Waals surface area contributed by atoms with Gasteiger partial charge in [0.05, 0.1) is 0 Å². The van der Waals surface area contributed by atoms with Crippen LogP contribution in [0.4, 0.5) is 0 Å². The zero-order valence-corrected chi connectivity index (χ0v) is 9.93. The molecule has 2 saturated heterocycles. The Labute approximate surface area is 102 Å². The van der Waals surface area contributed by atoms with Gasteiger partial charge >= 0.3 is 0 Å². The zero-order chi connectivity index (χ0) is 11.7. The number of carbonyl (C=O) groups excluding carboxylic acids is 1. The van der Waals surface area contributed by atoms with Crippen molar-refractivity contribution in [1.82, 2.24) is 10.3 Å². The lowest BCUT2D eigenvalue weighted by atomic mass is 9.87. The summed E-state index contributed by atoms with van der Waals surface area (Å²) < 4.78 is 0. The maximum Gasteiger partial charge on any atom is 0.181 e. The molecule has 0 saturated carbocycles. The molecule has 3 heteroatoms. The number of ketones is 1. The molecule has 3 heterocycles. The van der Waals surface area contributed by atoms with Crippen molar-refractivity contribution in [2.24, 2.45) is 5.92 Å². The normalized spacial score (nSPS) is 31.4. The van der Waals surface area contributed by atoms with E-state index in [1.807, 2.05) is 18.2 Å². The van der Waals surface area contributed by atoms with Crippen LogP contribution in [0.2, 0.25) is 0 Å². The summed E-state index contributed by atoms with van der Waals surface area (Å²) in [5.41, 5.74) is 0.623. The summed E-state index contributed by atoms with van der Waals surface area (Å²) >= 11 is 0. The Morgan fingerprint density at radius 1 is 1.29 bits per heavy atom. The highest BCUT2D eigenvalue weighted by atomic mass is 16.1.